The quantitative estimate of drug-likeness (QED) is 0.602. The second-order valence-electron chi connectivity index (χ2n) is 7.62. The molecule has 0 spiro atoms. The smallest absolute Gasteiger partial charge is 0.417 e. The van der Waals surface area contributed by atoms with E-state index >= 15 is 0 Å². The Morgan fingerprint density at radius 1 is 1.09 bits per heavy atom. The van der Waals surface area contributed by atoms with Crippen LogP contribution in [0.1, 0.15) is 32.3 Å². The fourth-order valence-corrected chi connectivity index (χ4v) is 3.61. The first-order valence-corrected chi connectivity index (χ1v) is 10.8. The first kappa shape index (κ1) is 24.3. The summed E-state index contributed by atoms with van der Waals surface area (Å²) in [6.07, 6.45) is -2.85. The number of carbonyl (C=O) groups is 2. The van der Waals surface area contributed by atoms with Gasteiger partial charge in [0, 0.05) is 38.4 Å². The molecule has 33 heavy (non-hydrogen) atoms. The van der Waals surface area contributed by atoms with Crippen molar-refractivity contribution in [2.24, 2.45) is 5.92 Å². The average molecular weight is 465 g/mol. The predicted molar refractivity (Wildman–Crippen MR) is 114 cm³/mol. The number of aromatic nitrogens is 1. The number of alkyl halides is 3. The SMILES string of the molecule is CCN(CC)C(=O)C1CCCN(C(=O)Oc2ccc(Oc3ccc(C(F)(F)F)cn3)cc2)C1. The number of ether oxygens (including phenoxy) is 2. The van der Waals surface area contributed by atoms with Crippen LogP contribution in [0.5, 0.6) is 17.4 Å². The van der Waals surface area contributed by atoms with E-state index in [4.69, 9.17) is 9.47 Å². The first-order chi connectivity index (χ1) is 15.7. The Morgan fingerprint density at radius 3 is 2.33 bits per heavy atom. The highest BCUT2D eigenvalue weighted by Crippen LogP contribution is 2.30. The highest BCUT2D eigenvalue weighted by Gasteiger charge is 2.32. The van der Waals surface area contributed by atoms with Crippen LogP contribution in [0.15, 0.2) is 42.6 Å². The van der Waals surface area contributed by atoms with Crippen molar-refractivity contribution in [3.63, 3.8) is 0 Å². The number of halogens is 3. The molecule has 0 N–H and O–H groups in total. The van der Waals surface area contributed by atoms with Gasteiger partial charge in [0.2, 0.25) is 11.8 Å². The van der Waals surface area contributed by atoms with E-state index in [1.54, 1.807) is 4.90 Å². The number of carbonyl (C=O) groups excluding carboxylic acids is 2. The molecule has 1 unspecified atom stereocenters. The molecule has 10 heteroatoms. The topological polar surface area (TPSA) is 72.0 Å². The molecule has 1 aromatic heterocycles. The maximum atomic E-state index is 12.6. The molecule has 1 aromatic carbocycles. The van der Waals surface area contributed by atoms with Crippen LogP contribution in [0.25, 0.3) is 0 Å². The van der Waals surface area contributed by atoms with E-state index in [0.717, 1.165) is 25.0 Å². The number of rotatable bonds is 6. The predicted octanol–water partition coefficient (Wildman–Crippen LogP) is 4.97. The molecule has 0 saturated carbocycles. The molecule has 3 rings (SSSR count). The molecule has 1 saturated heterocycles. The zero-order valence-corrected chi connectivity index (χ0v) is 18.5. The van der Waals surface area contributed by atoms with Crippen LogP contribution >= 0.6 is 0 Å². The molecule has 7 nitrogen and oxygen atoms in total. The van der Waals surface area contributed by atoms with Gasteiger partial charge in [0.25, 0.3) is 0 Å². The summed E-state index contributed by atoms with van der Waals surface area (Å²) in [6, 6.07) is 8.08. The number of hydrogen-bond donors (Lipinski definition) is 0. The number of amides is 2. The Labute approximate surface area is 190 Å². The Kier molecular flexibility index (Phi) is 7.78. The summed E-state index contributed by atoms with van der Waals surface area (Å²) in [7, 11) is 0. The van der Waals surface area contributed by atoms with Crippen LogP contribution in [-0.2, 0) is 11.0 Å². The van der Waals surface area contributed by atoms with E-state index < -0.39 is 17.8 Å². The van der Waals surface area contributed by atoms with Crippen molar-refractivity contribution in [1.82, 2.24) is 14.8 Å². The highest BCUT2D eigenvalue weighted by atomic mass is 19.4. The maximum Gasteiger partial charge on any atom is 0.417 e. The molecule has 0 radical (unpaired) electrons. The zero-order chi connectivity index (χ0) is 24.0. The van der Waals surface area contributed by atoms with Crippen LogP contribution in [-0.4, -0.2) is 53.0 Å². The number of hydrogen-bond acceptors (Lipinski definition) is 5. The lowest BCUT2D eigenvalue weighted by molar-refractivity contribution is -0.138. The summed E-state index contributed by atoms with van der Waals surface area (Å²) in [4.78, 5) is 32.1. The summed E-state index contributed by atoms with van der Waals surface area (Å²) < 4.78 is 48.7. The van der Waals surface area contributed by atoms with Crippen molar-refractivity contribution in [3.05, 3.63) is 48.2 Å². The summed E-state index contributed by atoms with van der Waals surface area (Å²) in [6.45, 7) is 5.95. The van der Waals surface area contributed by atoms with Gasteiger partial charge in [-0.3, -0.25) is 4.79 Å². The average Bonchev–Trinajstić information content (AvgIpc) is 2.81. The van der Waals surface area contributed by atoms with Gasteiger partial charge in [0.05, 0.1) is 11.5 Å². The largest absolute Gasteiger partial charge is 0.439 e. The van der Waals surface area contributed by atoms with Crippen molar-refractivity contribution in [3.8, 4) is 17.4 Å². The van der Waals surface area contributed by atoms with Gasteiger partial charge in [-0.2, -0.15) is 13.2 Å². The third kappa shape index (κ3) is 6.36. The number of benzene rings is 1. The molecular weight excluding hydrogens is 439 g/mol. The van der Waals surface area contributed by atoms with E-state index in [1.807, 2.05) is 13.8 Å². The van der Waals surface area contributed by atoms with Crippen LogP contribution in [0.4, 0.5) is 18.0 Å². The molecule has 2 aromatic rings. The Morgan fingerprint density at radius 2 is 1.76 bits per heavy atom. The fourth-order valence-electron chi connectivity index (χ4n) is 3.61. The molecule has 0 aliphatic carbocycles. The minimum absolute atomic E-state index is 0.00460. The highest BCUT2D eigenvalue weighted by molar-refractivity contribution is 5.80. The monoisotopic (exact) mass is 465 g/mol. The number of piperidine rings is 1. The fraction of sp³-hybridized carbons (Fsp3) is 0.435. The van der Waals surface area contributed by atoms with Crippen molar-refractivity contribution in [1.29, 1.82) is 0 Å². The molecule has 2 amide bonds. The molecule has 1 fully saturated rings. The third-order valence-electron chi connectivity index (χ3n) is 5.42. The van der Waals surface area contributed by atoms with Crippen LogP contribution in [0.2, 0.25) is 0 Å². The van der Waals surface area contributed by atoms with Gasteiger partial charge in [-0.25, -0.2) is 9.78 Å². The normalized spacial score (nSPS) is 16.3. The second kappa shape index (κ2) is 10.5. The molecule has 2 heterocycles. The molecule has 178 valence electrons. The molecule has 1 aliphatic rings. The van der Waals surface area contributed by atoms with Gasteiger partial charge in [-0.05, 0) is 57.0 Å². The van der Waals surface area contributed by atoms with Crippen LogP contribution in [0, 0.1) is 5.92 Å². The van der Waals surface area contributed by atoms with Crippen molar-refractivity contribution in [2.45, 2.75) is 32.9 Å². The maximum absolute atomic E-state index is 12.6. The molecule has 1 aliphatic heterocycles. The molecule has 1 atom stereocenters. The van der Waals surface area contributed by atoms with Gasteiger partial charge in [-0.1, -0.05) is 0 Å². The van der Waals surface area contributed by atoms with Crippen molar-refractivity contribution in [2.75, 3.05) is 26.2 Å². The van der Waals surface area contributed by atoms with Gasteiger partial charge < -0.3 is 19.3 Å². The van der Waals surface area contributed by atoms with E-state index in [1.165, 1.54) is 29.2 Å². The number of likely N-dealkylation sites (tertiary alicyclic amines) is 1. The van der Waals surface area contributed by atoms with Crippen LogP contribution < -0.4 is 9.47 Å². The van der Waals surface area contributed by atoms with Gasteiger partial charge in [0.15, 0.2) is 0 Å². The summed E-state index contributed by atoms with van der Waals surface area (Å²) in [5.41, 5.74) is -0.865. The second-order valence-corrected chi connectivity index (χ2v) is 7.62. The van der Waals surface area contributed by atoms with E-state index in [-0.39, 0.29) is 23.5 Å². The summed E-state index contributed by atoms with van der Waals surface area (Å²) in [5, 5.41) is 0. The summed E-state index contributed by atoms with van der Waals surface area (Å²) in [5.74, 6) is 0.425. The van der Waals surface area contributed by atoms with E-state index in [0.29, 0.717) is 38.1 Å². The minimum atomic E-state index is -4.47. The van der Waals surface area contributed by atoms with Crippen molar-refractivity contribution < 1.29 is 32.2 Å². The third-order valence-corrected chi connectivity index (χ3v) is 5.42. The Bertz CT molecular complexity index is 945. The number of pyridine rings is 1. The molecular formula is C23H26F3N3O4. The number of nitrogens with zero attached hydrogens (tertiary/aromatic N) is 3. The van der Waals surface area contributed by atoms with Crippen LogP contribution in [0.3, 0.4) is 0 Å². The lowest BCUT2D eigenvalue weighted by Gasteiger charge is -2.33. The Hall–Kier alpha value is -3.30. The summed E-state index contributed by atoms with van der Waals surface area (Å²) >= 11 is 0. The Balaban J connectivity index is 1.56. The zero-order valence-electron chi connectivity index (χ0n) is 18.5. The van der Waals surface area contributed by atoms with Gasteiger partial charge >= 0.3 is 12.3 Å². The standard InChI is InChI=1S/C23H26F3N3O4/c1-3-28(4-2)21(30)16-6-5-13-29(15-16)22(31)33-19-10-8-18(9-11-19)32-20-12-7-17(14-27-20)23(24,25)26/h7-12,14,16H,3-6,13,15H2,1-2H3. The van der Waals surface area contributed by atoms with Crippen molar-refractivity contribution >= 4 is 12.0 Å². The van der Waals surface area contributed by atoms with E-state index in [2.05, 4.69) is 4.98 Å². The first-order valence-electron chi connectivity index (χ1n) is 10.8. The van der Waals surface area contributed by atoms with Gasteiger partial charge in [-0.15, -0.1) is 0 Å². The van der Waals surface area contributed by atoms with E-state index in [9.17, 15) is 22.8 Å². The van der Waals surface area contributed by atoms with Gasteiger partial charge in [0.1, 0.15) is 11.5 Å². The lowest BCUT2D eigenvalue weighted by atomic mass is 9.97. The molecule has 0 bridgehead atoms. The lowest BCUT2D eigenvalue weighted by Crippen LogP contribution is -2.47. The minimum Gasteiger partial charge on any atom is -0.439 e.